The number of hydrogen-bond acceptors (Lipinski definition) is 3. The molecule has 4 heteroatoms. The van der Waals surface area contributed by atoms with Crippen LogP contribution in [0.2, 0.25) is 19.6 Å². The number of likely N-dealkylation sites (tertiary alicyclic amines) is 1. The van der Waals surface area contributed by atoms with Crippen LogP contribution in [0.4, 0.5) is 0 Å². The third-order valence-corrected chi connectivity index (χ3v) is 4.23. The molecular weight excluding hydrogens is 254 g/mol. The molecule has 110 valence electrons. The van der Waals surface area contributed by atoms with Crippen molar-refractivity contribution in [3.8, 4) is 0 Å². The number of hydrogen-bond donors (Lipinski definition) is 0. The molecular formula is C15H29NO2Si. The topological polar surface area (TPSA) is 21.7 Å². The fraction of sp³-hybridized carbons (Fsp3) is 0.733. The van der Waals surface area contributed by atoms with Gasteiger partial charge in [-0.15, -0.1) is 0 Å². The molecule has 0 aromatic heterocycles. The third kappa shape index (κ3) is 4.60. The van der Waals surface area contributed by atoms with Gasteiger partial charge in [0.15, 0.2) is 0 Å². The highest BCUT2D eigenvalue weighted by atomic mass is 28.4. The Morgan fingerprint density at radius 1 is 1.16 bits per heavy atom. The molecule has 1 rings (SSSR count). The van der Waals surface area contributed by atoms with E-state index in [1.165, 1.54) is 18.5 Å². The van der Waals surface area contributed by atoms with Crippen molar-refractivity contribution in [1.29, 1.82) is 0 Å². The van der Waals surface area contributed by atoms with Gasteiger partial charge in [0.05, 0.1) is 7.11 Å². The van der Waals surface area contributed by atoms with Crippen molar-refractivity contribution in [2.24, 2.45) is 0 Å². The molecule has 0 saturated carbocycles. The second kappa shape index (κ2) is 6.50. The zero-order valence-corrected chi connectivity index (χ0v) is 14.5. The van der Waals surface area contributed by atoms with Crippen LogP contribution in [0, 0.1) is 0 Å². The average molecular weight is 283 g/mol. The minimum Gasteiger partial charge on any atom is -0.520 e. The SMILES string of the molecule is C/C=C(/C=C(\OC)O[Si](C)(C)C)N1[C@@H](C)CC[C@@H]1C. The minimum absolute atomic E-state index is 0.586. The monoisotopic (exact) mass is 283 g/mol. The van der Waals surface area contributed by atoms with E-state index in [9.17, 15) is 0 Å². The maximum atomic E-state index is 5.96. The van der Waals surface area contributed by atoms with E-state index in [0.29, 0.717) is 18.0 Å². The quantitative estimate of drug-likeness (QED) is 0.431. The maximum Gasteiger partial charge on any atom is 0.267 e. The summed E-state index contributed by atoms with van der Waals surface area (Å²) in [5.41, 5.74) is 1.20. The van der Waals surface area contributed by atoms with Gasteiger partial charge in [0.1, 0.15) is 0 Å². The zero-order valence-electron chi connectivity index (χ0n) is 13.5. The number of ether oxygens (including phenoxy) is 1. The third-order valence-electron chi connectivity index (χ3n) is 3.42. The summed E-state index contributed by atoms with van der Waals surface area (Å²) in [7, 11) is 0.0433. The Labute approximate surface area is 119 Å². The molecule has 0 N–H and O–H groups in total. The Morgan fingerprint density at radius 3 is 2.05 bits per heavy atom. The number of nitrogens with zero attached hydrogens (tertiary/aromatic N) is 1. The molecule has 0 unspecified atom stereocenters. The van der Waals surface area contributed by atoms with Gasteiger partial charge in [-0.25, -0.2) is 0 Å². The summed E-state index contributed by atoms with van der Waals surface area (Å²) in [5.74, 6) is 0.638. The molecule has 0 spiro atoms. The van der Waals surface area contributed by atoms with E-state index in [4.69, 9.17) is 9.16 Å². The molecule has 1 aliphatic heterocycles. The standard InChI is InChI=1S/C15H29NO2Si/c1-8-14(16-12(2)9-10-13(16)3)11-15(17-4)18-19(5,6)7/h8,11-13H,9-10H2,1-7H3/b14-8-,15-11+/t12-,13-/m0/s1. The molecule has 0 aromatic rings. The Bertz CT molecular complexity index is 348. The fourth-order valence-electron chi connectivity index (χ4n) is 2.56. The summed E-state index contributed by atoms with van der Waals surface area (Å²) in [6, 6.07) is 1.17. The highest BCUT2D eigenvalue weighted by molar-refractivity contribution is 6.70. The number of methoxy groups -OCH3 is 1. The van der Waals surface area contributed by atoms with E-state index in [-0.39, 0.29) is 0 Å². The summed E-state index contributed by atoms with van der Waals surface area (Å²) in [6.07, 6.45) is 6.69. The van der Waals surface area contributed by atoms with Crippen molar-refractivity contribution in [1.82, 2.24) is 4.90 Å². The first-order chi connectivity index (χ1) is 8.78. The smallest absolute Gasteiger partial charge is 0.267 e. The molecule has 1 heterocycles. The molecule has 0 aliphatic carbocycles. The van der Waals surface area contributed by atoms with Gasteiger partial charge in [0.25, 0.3) is 5.95 Å². The molecule has 0 bridgehead atoms. The van der Waals surface area contributed by atoms with Crippen molar-refractivity contribution < 1.29 is 9.16 Å². The largest absolute Gasteiger partial charge is 0.520 e. The first-order valence-corrected chi connectivity index (χ1v) is 10.6. The predicted molar refractivity (Wildman–Crippen MR) is 83.3 cm³/mol. The van der Waals surface area contributed by atoms with Gasteiger partial charge in [-0.1, -0.05) is 6.08 Å². The molecule has 1 saturated heterocycles. The van der Waals surface area contributed by atoms with E-state index in [2.05, 4.69) is 51.4 Å². The minimum atomic E-state index is -1.63. The van der Waals surface area contributed by atoms with Gasteiger partial charge in [-0.2, -0.15) is 0 Å². The second-order valence-corrected chi connectivity index (χ2v) is 10.7. The summed E-state index contributed by atoms with van der Waals surface area (Å²) in [5, 5.41) is 0. The van der Waals surface area contributed by atoms with E-state index < -0.39 is 8.32 Å². The van der Waals surface area contributed by atoms with Crippen LogP contribution in [0.15, 0.2) is 23.8 Å². The average Bonchev–Trinajstić information content (AvgIpc) is 2.63. The lowest BCUT2D eigenvalue weighted by Gasteiger charge is -2.30. The van der Waals surface area contributed by atoms with Gasteiger partial charge in [0.2, 0.25) is 8.32 Å². The fourth-order valence-corrected chi connectivity index (χ4v) is 3.31. The summed E-state index contributed by atoms with van der Waals surface area (Å²) in [4.78, 5) is 2.46. The van der Waals surface area contributed by atoms with Crippen molar-refractivity contribution in [3.63, 3.8) is 0 Å². The molecule has 3 nitrogen and oxygen atoms in total. The lowest BCUT2D eigenvalue weighted by atomic mass is 10.2. The predicted octanol–water partition coefficient (Wildman–Crippen LogP) is 4.10. The highest BCUT2D eigenvalue weighted by Crippen LogP contribution is 2.29. The summed E-state index contributed by atoms with van der Waals surface area (Å²) >= 11 is 0. The van der Waals surface area contributed by atoms with Crippen LogP contribution >= 0.6 is 0 Å². The van der Waals surface area contributed by atoms with E-state index in [1.807, 2.05) is 6.08 Å². The van der Waals surface area contributed by atoms with Crippen molar-refractivity contribution >= 4 is 8.32 Å². The Kier molecular flexibility index (Phi) is 5.53. The van der Waals surface area contributed by atoms with Gasteiger partial charge in [-0.3, -0.25) is 0 Å². The molecule has 19 heavy (non-hydrogen) atoms. The molecule has 1 fully saturated rings. The Morgan fingerprint density at radius 2 is 1.68 bits per heavy atom. The molecule has 2 atom stereocenters. The molecule has 0 radical (unpaired) electrons. The van der Waals surface area contributed by atoms with Gasteiger partial charge >= 0.3 is 0 Å². The van der Waals surface area contributed by atoms with E-state index in [1.54, 1.807) is 7.11 Å². The Balaban J connectivity index is 2.91. The second-order valence-electron chi connectivity index (χ2n) is 6.28. The molecule has 0 aromatic carbocycles. The number of allylic oxidation sites excluding steroid dienone is 2. The lowest BCUT2D eigenvalue weighted by molar-refractivity contribution is 0.144. The maximum absolute atomic E-state index is 5.96. The first-order valence-electron chi connectivity index (χ1n) is 7.18. The van der Waals surface area contributed by atoms with Gasteiger partial charge in [-0.05, 0) is 53.3 Å². The summed E-state index contributed by atoms with van der Waals surface area (Å²) < 4.78 is 11.4. The number of rotatable bonds is 5. The molecule has 0 amide bonds. The van der Waals surface area contributed by atoms with Crippen LogP contribution in [-0.4, -0.2) is 32.4 Å². The van der Waals surface area contributed by atoms with E-state index >= 15 is 0 Å². The highest BCUT2D eigenvalue weighted by Gasteiger charge is 2.28. The van der Waals surface area contributed by atoms with Crippen molar-refractivity contribution in [3.05, 3.63) is 23.8 Å². The Hall–Kier alpha value is -0.903. The normalized spacial score (nSPS) is 25.7. The van der Waals surface area contributed by atoms with Crippen molar-refractivity contribution in [2.75, 3.05) is 7.11 Å². The summed E-state index contributed by atoms with van der Waals surface area (Å²) in [6.45, 7) is 13.1. The zero-order chi connectivity index (χ0) is 14.6. The van der Waals surface area contributed by atoms with Crippen LogP contribution in [0.1, 0.15) is 33.6 Å². The molecule has 1 aliphatic rings. The van der Waals surface area contributed by atoms with Crippen LogP contribution < -0.4 is 0 Å². The van der Waals surface area contributed by atoms with Crippen molar-refractivity contribution in [2.45, 2.75) is 65.3 Å². The van der Waals surface area contributed by atoms with Gasteiger partial charge in [0, 0.05) is 23.9 Å². The van der Waals surface area contributed by atoms with Crippen LogP contribution in [0.5, 0.6) is 0 Å². The van der Waals surface area contributed by atoms with Crippen LogP contribution in [-0.2, 0) is 9.16 Å². The lowest BCUT2D eigenvalue weighted by Crippen LogP contribution is -2.32. The van der Waals surface area contributed by atoms with Gasteiger partial charge < -0.3 is 14.1 Å². The van der Waals surface area contributed by atoms with Crippen LogP contribution in [0.25, 0.3) is 0 Å². The van der Waals surface area contributed by atoms with E-state index in [0.717, 1.165) is 0 Å². The first kappa shape index (κ1) is 16.2. The van der Waals surface area contributed by atoms with Crippen LogP contribution in [0.3, 0.4) is 0 Å².